The molecule has 2 aromatic rings. The largest absolute Gasteiger partial charge is 0.394 e. The van der Waals surface area contributed by atoms with Gasteiger partial charge in [0, 0.05) is 6.21 Å². The van der Waals surface area contributed by atoms with Crippen molar-refractivity contribution in [2.24, 2.45) is 4.99 Å². The Balaban J connectivity index is 2.11. The van der Waals surface area contributed by atoms with Gasteiger partial charge in [0.1, 0.15) is 5.92 Å². The molecule has 1 unspecified atom stereocenters. The van der Waals surface area contributed by atoms with E-state index in [1.807, 2.05) is 24.3 Å². The highest BCUT2D eigenvalue weighted by molar-refractivity contribution is 6.41. The highest BCUT2D eigenvalue weighted by Gasteiger charge is 2.38. The number of carbonyl (C=O) groups is 1. The second-order valence-corrected chi connectivity index (χ2v) is 5.87. The summed E-state index contributed by atoms with van der Waals surface area (Å²) in [6, 6.07) is 12.6. The van der Waals surface area contributed by atoms with E-state index in [9.17, 15) is 4.79 Å². The number of para-hydroxylation sites is 2. The molecule has 0 aliphatic carbocycles. The molecule has 4 nitrogen and oxygen atoms in total. The second kappa shape index (κ2) is 6.71. The van der Waals surface area contributed by atoms with Crippen LogP contribution in [0.4, 0.5) is 11.4 Å². The lowest BCUT2D eigenvalue weighted by Gasteiger charge is -2.20. The van der Waals surface area contributed by atoms with Crippen LogP contribution in [0.5, 0.6) is 0 Å². The molecule has 0 bridgehead atoms. The van der Waals surface area contributed by atoms with Gasteiger partial charge in [-0.2, -0.15) is 0 Å². The standard InChI is InChI=1S/C17H14Cl2N2O2/c18-13-5-3-6-14(19)16(13)21-15-7-2-1-4-11(15)12(17(21)23)10-20-8-9-22/h1-7,10,12,22H,8-9H2. The second-order valence-electron chi connectivity index (χ2n) is 5.06. The monoisotopic (exact) mass is 348 g/mol. The Hall–Kier alpha value is -1.88. The lowest BCUT2D eigenvalue weighted by Crippen LogP contribution is -2.25. The molecule has 1 atom stereocenters. The van der Waals surface area contributed by atoms with E-state index >= 15 is 0 Å². The molecule has 1 heterocycles. The van der Waals surface area contributed by atoms with E-state index in [0.717, 1.165) is 11.3 Å². The van der Waals surface area contributed by atoms with E-state index in [0.29, 0.717) is 15.7 Å². The molecule has 0 radical (unpaired) electrons. The van der Waals surface area contributed by atoms with Gasteiger partial charge in [0.25, 0.3) is 0 Å². The van der Waals surface area contributed by atoms with Gasteiger partial charge in [-0.25, -0.2) is 0 Å². The third-order valence-electron chi connectivity index (χ3n) is 3.64. The van der Waals surface area contributed by atoms with E-state index < -0.39 is 5.92 Å². The predicted octanol–water partition coefficient (Wildman–Crippen LogP) is 3.82. The molecule has 0 fully saturated rings. The normalized spacial score (nSPS) is 17.1. The van der Waals surface area contributed by atoms with E-state index in [2.05, 4.69) is 4.99 Å². The average Bonchev–Trinajstić information content (AvgIpc) is 2.81. The van der Waals surface area contributed by atoms with Crippen LogP contribution in [0.3, 0.4) is 0 Å². The molecule has 118 valence electrons. The van der Waals surface area contributed by atoms with Crippen LogP contribution in [-0.2, 0) is 4.79 Å². The fourth-order valence-corrected chi connectivity index (χ4v) is 3.23. The zero-order valence-electron chi connectivity index (χ0n) is 12.1. The number of nitrogens with zero attached hydrogens (tertiary/aromatic N) is 2. The third kappa shape index (κ3) is 2.85. The molecule has 3 rings (SSSR count). The van der Waals surface area contributed by atoms with Gasteiger partial charge in [0.05, 0.1) is 34.6 Å². The fraction of sp³-hybridized carbons (Fsp3) is 0.176. The maximum Gasteiger partial charge on any atom is 0.244 e. The molecular weight excluding hydrogens is 335 g/mol. The Morgan fingerprint density at radius 1 is 1.13 bits per heavy atom. The molecule has 1 N–H and O–H groups in total. The minimum Gasteiger partial charge on any atom is -0.394 e. The van der Waals surface area contributed by atoms with Crippen molar-refractivity contribution in [3.05, 3.63) is 58.1 Å². The molecule has 0 saturated carbocycles. The minimum absolute atomic E-state index is 0.0564. The third-order valence-corrected chi connectivity index (χ3v) is 4.25. The SMILES string of the molecule is O=C1C(C=NCCO)c2ccccc2N1c1c(Cl)cccc1Cl. The first-order chi connectivity index (χ1) is 11.1. The summed E-state index contributed by atoms with van der Waals surface area (Å²) in [5.41, 5.74) is 2.06. The molecule has 2 aromatic carbocycles. The number of fused-ring (bicyclic) bond motifs is 1. The Morgan fingerprint density at radius 3 is 2.52 bits per heavy atom. The van der Waals surface area contributed by atoms with Crippen LogP contribution in [0.1, 0.15) is 11.5 Å². The fourth-order valence-electron chi connectivity index (χ4n) is 2.66. The van der Waals surface area contributed by atoms with Crippen molar-refractivity contribution in [1.82, 2.24) is 0 Å². The summed E-state index contributed by atoms with van der Waals surface area (Å²) < 4.78 is 0. The number of anilines is 2. The average molecular weight is 349 g/mol. The maximum absolute atomic E-state index is 12.9. The number of aliphatic hydroxyl groups is 1. The number of hydrogen-bond donors (Lipinski definition) is 1. The minimum atomic E-state index is -0.509. The topological polar surface area (TPSA) is 52.9 Å². The molecular formula is C17H14Cl2N2O2. The zero-order valence-corrected chi connectivity index (χ0v) is 13.6. The Morgan fingerprint density at radius 2 is 1.83 bits per heavy atom. The van der Waals surface area contributed by atoms with Crippen molar-refractivity contribution in [3.8, 4) is 0 Å². The van der Waals surface area contributed by atoms with E-state index in [1.165, 1.54) is 4.90 Å². The Bertz CT molecular complexity index is 757. The lowest BCUT2D eigenvalue weighted by atomic mass is 10.0. The van der Waals surface area contributed by atoms with Crippen molar-refractivity contribution in [1.29, 1.82) is 0 Å². The molecule has 6 heteroatoms. The number of amides is 1. The van der Waals surface area contributed by atoms with Crippen molar-refractivity contribution >= 4 is 46.7 Å². The molecule has 1 aliphatic heterocycles. The van der Waals surface area contributed by atoms with Crippen LogP contribution in [0.2, 0.25) is 10.0 Å². The summed E-state index contributed by atoms with van der Waals surface area (Å²) in [6.07, 6.45) is 1.57. The lowest BCUT2D eigenvalue weighted by molar-refractivity contribution is -0.117. The summed E-state index contributed by atoms with van der Waals surface area (Å²) in [6.45, 7) is 0.206. The number of halogens is 2. The van der Waals surface area contributed by atoms with Gasteiger partial charge >= 0.3 is 0 Å². The Kier molecular flexibility index (Phi) is 4.66. The van der Waals surface area contributed by atoms with Gasteiger partial charge in [0.15, 0.2) is 0 Å². The highest BCUT2D eigenvalue weighted by atomic mass is 35.5. The molecule has 23 heavy (non-hydrogen) atoms. The van der Waals surface area contributed by atoms with Gasteiger partial charge in [-0.15, -0.1) is 0 Å². The van der Waals surface area contributed by atoms with Gasteiger partial charge in [0.2, 0.25) is 5.91 Å². The van der Waals surface area contributed by atoms with Crippen LogP contribution < -0.4 is 4.90 Å². The molecule has 0 spiro atoms. The van der Waals surface area contributed by atoms with Crippen molar-refractivity contribution in [2.45, 2.75) is 5.92 Å². The van der Waals surface area contributed by atoms with Gasteiger partial charge in [-0.05, 0) is 23.8 Å². The van der Waals surface area contributed by atoms with Gasteiger partial charge < -0.3 is 5.11 Å². The highest BCUT2D eigenvalue weighted by Crippen LogP contribution is 2.46. The number of carbonyl (C=O) groups excluding carboxylic acids is 1. The molecule has 0 saturated heterocycles. The molecule has 1 aliphatic rings. The first-order valence-electron chi connectivity index (χ1n) is 7.13. The van der Waals surface area contributed by atoms with Crippen molar-refractivity contribution in [2.75, 3.05) is 18.1 Å². The van der Waals surface area contributed by atoms with Crippen molar-refractivity contribution in [3.63, 3.8) is 0 Å². The summed E-state index contributed by atoms with van der Waals surface area (Å²) in [4.78, 5) is 18.6. The smallest absolute Gasteiger partial charge is 0.244 e. The van der Waals surface area contributed by atoms with E-state index in [1.54, 1.807) is 24.4 Å². The zero-order chi connectivity index (χ0) is 16.4. The summed E-state index contributed by atoms with van der Waals surface area (Å²) >= 11 is 12.5. The maximum atomic E-state index is 12.9. The van der Waals surface area contributed by atoms with E-state index in [-0.39, 0.29) is 19.1 Å². The predicted molar refractivity (Wildman–Crippen MR) is 93.2 cm³/mol. The number of benzene rings is 2. The first kappa shape index (κ1) is 16.0. The van der Waals surface area contributed by atoms with Crippen LogP contribution in [0, 0.1) is 0 Å². The van der Waals surface area contributed by atoms with E-state index in [4.69, 9.17) is 28.3 Å². The van der Waals surface area contributed by atoms with Crippen molar-refractivity contribution < 1.29 is 9.90 Å². The van der Waals surface area contributed by atoms with Crippen LogP contribution >= 0.6 is 23.2 Å². The number of rotatable bonds is 4. The van der Waals surface area contributed by atoms with Gasteiger partial charge in [-0.3, -0.25) is 14.7 Å². The Labute approximate surface area is 144 Å². The number of aliphatic hydroxyl groups excluding tert-OH is 1. The summed E-state index contributed by atoms with van der Waals surface area (Å²) in [5, 5.41) is 9.68. The first-order valence-corrected chi connectivity index (χ1v) is 7.88. The number of aliphatic imine (C=N–C) groups is 1. The quantitative estimate of drug-likeness (QED) is 0.854. The van der Waals surface area contributed by atoms with Crippen LogP contribution in [0.15, 0.2) is 47.5 Å². The van der Waals surface area contributed by atoms with Crippen LogP contribution in [-0.4, -0.2) is 30.4 Å². The molecule has 0 aromatic heterocycles. The number of hydrogen-bond acceptors (Lipinski definition) is 3. The summed E-state index contributed by atoms with van der Waals surface area (Å²) in [5.74, 6) is -0.673. The summed E-state index contributed by atoms with van der Waals surface area (Å²) in [7, 11) is 0. The molecule has 1 amide bonds. The van der Waals surface area contributed by atoms with Gasteiger partial charge in [-0.1, -0.05) is 47.5 Å². The van der Waals surface area contributed by atoms with Crippen LogP contribution in [0.25, 0.3) is 0 Å².